The molecule has 0 atom stereocenters. The molecule has 1 N–H and O–H groups in total. The summed E-state index contributed by atoms with van der Waals surface area (Å²) < 4.78 is 26.5. The second-order valence-electron chi connectivity index (χ2n) is 6.25. The minimum absolute atomic E-state index is 0.00298. The fourth-order valence-electron chi connectivity index (χ4n) is 3.06. The number of hydrogen-bond donors (Lipinski definition) is 1. The highest BCUT2D eigenvalue weighted by molar-refractivity contribution is 7.92. The van der Waals surface area contributed by atoms with Crippen LogP contribution in [-0.2, 0) is 23.0 Å². The van der Waals surface area contributed by atoms with E-state index in [0.717, 1.165) is 17.5 Å². The molecule has 0 saturated carbocycles. The summed E-state index contributed by atoms with van der Waals surface area (Å²) in [5, 5.41) is 0. The van der Waals surface area contributed by atoms with Gasteiger partial charge in [-0.25, -0.2) is 8.42 Å². The first kappa shape index (κ1) is 17.5. The second kappa shape index (κ2) is 7.27. The van der Waals surface area contributed by atoms with Crippen molar-refractivity contribution in [3.05, 3.63) is 65.2 Å². The number of anilines is 1. The Morgan fingerprint density at radius 1 is 1.12 bits per heavy atom. The molecule has 3 rings (SSSR count). The molecule has 0 aromatic heterocycles. The molecule has 2 aromatic carbocycles. The zero-order valence-corrected chi connectivity index (χ0v) is 15.1. The number of sulfonamides is 1. The van der Waals surface area contributed by atoms with E-state index in [1.54, 1.807) is 6.07 Å². The van der Waals surface area contributed by atoms with Crippen LogP contribution >= 0.6 is 0 Å². The minimum atomic E-state index is -3.31. The van der Waals surface area contributed by atoms with E-state index >= 15 is 0 Å². The van der Waals surface area contributed by atoms with Crippen LogP contribution in [0.4, 0.5) is 5.69 Å². The van der Waals surface area contributed by atoms with Crippen molar-refractivity contribution in [2.75, 3.05) is 17.0 Å². The molecule has 1 aliphatic heterocycles. The highest BCUT2D eigenvalue weighted by atomic mass is 32.2. The van der Waals surface area contributed by atoms with Crippen molar-refractivity contribution in [2.24, 2.45) is 0 Å². The molecule has 5 nitrogen and oxygen atoms in total. The number of rotatable bonds is 5. The van der Waals surface area contributed by atoms with Crippen LogP contribution in [0, 0.1) is 0 Å². The quantitative estimate of drug-likeness (QED) is 0.893. The number of amides is 1. The van der Waals surface area contributed by atoms with Gasteiger partial charge in [0.05, 0.1) is 5.75 Å². The van der Waals surface area contributed by atoms with Crippen molar-refractivity contribution in [1.82, 2.24) is 4.90 Å². The van der Waals surface area contributed by atoms with Crippen LogP contribution in [0.15, 0.2) is 48.5 Å². The molecule has 1 heterocycles. The van der Waals surface area contributed by atoms with Gasteiger partial charge in [0, 0.05) is 24.3 Å². The first-order valence-corrected chi connectivity index (χ1v) is 10.1. The van der Waals surface area contributed by atoms with Gasteiger partial charge in [-0.05, 0) is 48.2 Å². The molecule has 0 spiro atoms. The third kappa shape index (κ3) is 4.20. The number of hydrogen-bond acceptors (Lipinski definition) is 3. The lowest BCUT2D eigenvalue weighted by molar-refractivity contribution is 0.0734. The molecule has 0 bridgehead atoms. The lowest BCUT2D eigenvalue weighted by atomic mass is 9.98. The van der Waals surface area contributed by atoms with E-state index in [4.69, 9.17) is 0 Å². The molecule has 0 saturated heterocycles. The van der Waals surface area contributed by atoms with Crippen molar-refractivity contribution >= 4 is 21.6 Å². The Labute approximate surface area is 148 Å². The predicted octanol–water partition coefficient (Wildman–Crippen LogP) is 3.04. The van der Waals surface area contributed by atoms with Gasteiger partial charge < -0.3 is 4.90 Å². The fraction of sp³-hybridized carbons (Fsp3) is 0.316. The average Bonchev–Trinajstić information content (AvgIpc) is 2.60. The van der Waals surface area contributed by atoms with E-state index in [1.807, 2.05) is 54.3 Å². The van der Waals surface area contributed by atoms with Crippen molar-refractivity contribution in [3.8, 4) is 0 Å². The third-order valence-electron chi connectivity index (χ3n) is 4.27. The lowest BCUT2D eigenvalue weighted by Gasteiger charge is -2.29. The maximum Gasteiger partial charge on any atom is 0.254 e. The van der Waals surface area contributed by atoms with Crippen molar-refractivity contribution < 1.29 is 13.2 Å². The maximum atomic E-state index is 12.6. The number of carbonyl (C=O) groups is 1. The van der Waals surface area contributed by atoms with E-state index in [1.165, 1.54) is 0 Å². The Morgan fingerprint density at radius 3 is 2.60 bits per heavy atom. The average molecular weight is 358 g/mol. The Hall–Kier alpha value is -2.34. The Bertz CT molecular complexity index is 863. The molecule has 1 amide bonds. The fourth-order valence-corrected chi connectivity index (χ4v) is 4.18. The molecule has 0 unspecified atom stereocenters. The van der Waals surface area contributed by atoms with E-state index in [9.17, 15) is 13.2 Å². The van der Waals surface area contributed by atoms with Gasteiger partial charge in [-0.2, -0.15) is 0 Å². The molecule has 1 aliphatic rings. The van der Waals surface area contributed by atoms with Crippen LogP contribution in [0.5, 0.6) is 0 Å². The summed E-state index contributed by atoms with van der Waals surface area (Å²) in [6.07, 6.45) is 1.34. The molecule has 132 valence electrons. The smallest absolute Gasteiger partial charge is 0.254 e. The summed E-state index contributed by atoms with van der Waals surface area (Å²) >= 11 is 0. The van der Waals surface area contributed by atoms with Gasteiger partial charge in [0.1, 0.15) is 0 Å². The van der Waals surface area contributed by atoms with E-state index < -0.39 is 10.0 Å². The minimum Gasteiger partial charge on any atom is -0.334 e. The Kier molecular flexibility index (Phi) is 5.08. The topological polar surface area (TPSA) is 66.5 Å². The van der Waals surface area contributed by atoms with Gasteiger partial charge in [-0.1, -0.05) is 31.2 Å². The number of nitrogens with zero attached hydrogens (tertiary/aromatic N) is 1. The Balaban J connectivity index is 1.78. The second-order valence-corrected chi connectivity index (χ2v) is 8.09. The predicted molar refractivity (Wildman–Crippen MR) is 99.0 cm³/mol. The molecule has 2 aromatic rings. The Morgan fingerprint density at radius 2 is 1.88 bits per heavy atom. The van der Waals surface area contributed by atoms with Crippen LogP contribution in [-0.4, -0.2) is 31.5 Å². The molecule has 25 heavy (non-hydrogen) atoms. The van der Waals surface area contributed by atoms with Crippen LogP contribution < -0.4 is 4.72 Å². The number of benzene rings is 2. The first-order valence-electron chi connectivity index (χ1n) is 8.45. The molecule has 0 aliphatic carbocycles. The first-order chi connectivity index (χ1) is 12.0. The van der Waals surface area contributed by atoms with Gasteiger partial charge in [0.2, 0.25) is 10.0 Å². The van der Waals surface area contributed by atoms with Gasteiger partial charge >= 0.3 is 0 Å². The lowest BCUT2D eigenvalue weighted by Crippen LogP contribution is -2.36. The summed E-state index contributed by atoms with van der Waals surface area (Å²) in [5.41, 5.74) is 3.38. The van der Waals surface area contributed by atoms with Gasteiger partial charge in [0.15, 0.2) is 0 Å². The largest absolute Gasteiger partial charge is 0.334 e. The SMILES string of the molecule is CCCS(=O)(=O)Nc1ccc2c(c1)CN(C(=O)c1ccccc1)CC2. The third-order valence-corrected chi connectivity index (χ3v) is 5.77. The van der Waals surface area contributed by atoms with E-state index in [-0.39, 0.29) is 11.7 Å². The highest BCUT2D eigenvalue weighted by Gasteiger charge is 2.22. The van der Waals surface area contributed by atoms with Crippen LogP contribution in [0.25, 0.3) is 0 Å². The van der Waals surface area contributed by atoms with Crippen LogP contribution in [0.2, 0.25) is 0 Å². The van der Waals surface area contributed by atoms with E-state index in [2.05, 4.69) is 4.72 Å². The van der Waals surface area contributed by atoms with Crippen molar-refractivity contribution in [1.29, 1.82) is 0 Å². The summed E-state index contributed by atoms with van der Waals surface area (Å²) in [6.45, 7) is 2.99. The number of carbonyl (C=O) groups excluding carboxylic acids is 1. The van der Waals surface area contributed by atoms with Gasteiger partial charge in [-0.3, -0.25) is 9.52 Å². The summed E-state index contributed by atoms with van der Waals surface area (Å²) in [6, 6.07) is 14.8. The normalized spacial score (nSPS) is 14.0. The summed E-state index contributed by atoms with van der Waals surface area (Å²) in [4.78, 5) is 14.4. The molecule has 0 radical (unpaired) electrons. The van der Waals surface area contributed by atoms with Crippen LogP contribution in [0.3, 0.4) is 0 Å². The number of fused-ring (bicyclic) bond motifs is 1. The van der Waals surface area contributed by atoms with Crippen molar-refractivity contribution in [2.45, 2.75) is 26.3 Å². The van der Waals surface area contributed by atoms with E-state index in [0.29, 0.717) is 30.8 Å². The molecule has 6 heteroatoms. The monoisotopic (exact) mass is 358 g/mol. The van der Waals surface area contributed by atoms with Gasteiger partial charge in [0.25, 0.3) is 5.91 Å². The number of nitrogens with one attached hydrogen (secondary N) is 1. The summed E-state index contributed by atoms with van der Waals surface area (Å²) in [5.74, 6) is 0.103. The molecular weight excluding hydrogens is 336 g/mol. The standard InChI is InChI=1S/C19H22N2O3S/c1-2-12-25(23,24)20-18-9-8-15-10-11-21(14-17(15)13-18)19(22)16-6-4-3-5-7-16/h3-9,13,20H,2,10-12,14H2,1H3. The maximum absolute atomic E-state index is 12.6. The molecular formula is C19H22N2O3S. The zero-order valence-electron chi connectivity index (χ0n) is 14.2. The highest BCUT2D eigenvalue weighted by Crippen LogP contribution is 2.24. The summed E-state index contributed by atoms with van der Waals surface area (Å²) in [7, 11) is -3.31. The van der Waals surface area contributed by atoms with Crippen molar-refractivity contribution in [3.63, 3.8) is 0 Å². The van der Waals surface area contributed by atoms with Gasteiger partial charge in [-0.15, -0.1) is 0 Å². The molecule has 0 fully saturated rings. The zero-order chi connectivity index (χ0) is 17.9. The van der Waals surface area contributed by atoms with Crippen LogP contribution in [0.1, 0.15) is 34.8 Å².